The van der Waals surface area contributed by atoms with Gasteiger partial charge in [-0.05, 0) is 0 Å². The summed E-state index contributed by atoms with van der Waals surface area (Å²) in [5.74, 6) is 0. The van der Waals surface area contributed by atoms with E-state index in [4.69, 9.17) is 0 Å². The Bertz CT molecular complexity index is 3720. The van der Waals surface area contributed by atoms with Crippen LogP contribution in [0.2, 0.25) is 0 Å². The third kappa shape index (κ3) is 4.81. The van der Waals surface area contributed by atoms with Gasteiger partial charge in [-0.15, -0.1) is 0 Å². The summed E-state index contributed by atoms with van der Waals surface area (Å²) in [6.07, 6.45) is 0. The van der Waals surface area contributed by atoms with E-state index in [-0.39, 0.29) is 14.5 Å². The van der Waals surface area contributed by atoms with Crippen molar-refractivity contribution in [1.29, 1.82) is 0 Å². The number of benzene rings is 11. The first-order valence-corrected chi connectivity index (χ1v) is 22.4. The molecule has 2 aromatic heterocycles. The summed E-state index contributed by atoms with van der Waals surface area (Å²) in [6, 6.07) is 79.1. The summed E-state index contributed by atoms with van der Waals surface area (Å²) >= 11 is 0.154. The number of hydrogen-bond acceptors (Lipinski definition) is 0. The molecule has 60 heavy (non-hydrogen) atoms. The first-order chi connectivity index (χ1) is 29.8. The zero-order chi connectivity index (χ0) is 39.3. The Kier molecular flexibility index (Phi) is 7.39. The maximum absolute atomic E-state index is 2.51. The Morgan fingerprint density at radius 1 is 0.283 bits per heavy atom. The van der Waals surface area contributed by atoms with E-state index >= 15 is 0 Å². The topological polar surface area (TPSA) is 4.93 Å². The number of fused-ring (bicyclic) bond motifs is 10. The molecule has 11 aromatic carbocycles. The van der Waals surface area contributed by atoms with Crippen molar-refractivity contribution in [2.24, 2.45) is 0 Å². The van der Waals surface area contributed by atoms with E-state index in [1.807, 2.05) is 0 Å². The van der Waals surface area contributed by atoms with Crippen molar-refractivity contribution < 1.29 is 0 Å². The third-order valence-electron chi connectivity index (χ3n) is 12.8. The number of hydrogen-bond donors (Lipinski definition) is 0. The fraction of sp³-hybridized carbons (Fsp3) is 0. The Morgan fingerprint density at radius 2 is 0.733 bits per heavy atom. The zero-order valence-corrected chi connectivity index (χ0v) is 34.3. The molecule has 2 heterocycles. The van der Waals surface area contributed by atoms with Crippen LogP contribution < -0.4 is 0 Å². The van der Waals surface area contributed by atoms with Crippen molar-refractivity contribution in [3.63, 3.8) is 0 Å². The van der Waals surface area contributed by atoms with Crippen molar-refractivity contribution in [3.05, 3.63) is 212 Å². The van der Waals surface area contributed by atoms with Gasteiger partial charge in [0.25, 0.3) is 0 Å². The normalized spacial score (nSPS) is 12.0. The monoisotopic (exact) mass is 825 g/mol. The fourth-order valence-electron chi connectivity index (χ4n) is 10.3. The second kappa shape index (κ2) is 13.1. The van der Waals surface area contributed by atoms with Gasteiger partial charge in [0.15, 0.2) is 0 Å². The van der Waals surface area contributed by atoms with Crippen LogP contribution >= 0.6 is 0 Å². The van der Waals surface area contributed by atoms with Crippen molar-refractivity contribution in [3.8, 4) is 39.1 Å². The van der Waals surface area contributed by atoms with Crippen LogP contribution in [0.1, 0.15) is 0 Å². The van der Waals surface area contributed by atoms with Crippen LogP contribution in [-0.4, -0.2) is 19.1 Å². The van der Waals surface area contributed by atoms with Gasteiger partial charge < -0.3 is 0 Å². The molecule has 0 bridgehead atoms. The van der Waals surface area contributed by atoms with Gasteiger partial charge in [-0.25, -0.2) is 0 Å². The maximum atomic E-state index is 2.51. The van der Waals surface area contributed by atoms with E-state index in [9.17, 15) is 0 Å². The van der Waals surface area contributed by atoms with Gasteiger partial charge in [-0.1, -0.05) is 0 Å². The molecule has 0 atom stereocenters. The van der Waals surface area contributed by atoms with Crippen LogP contribution in [0.3, 0.4) is 0 Å². The van der Waals surface area contributed by atoms with E-state index < -0.39 is 0 Å². The van der Waals surface area contributed by atoms with Gasteiger partial charge in [-0.2, -0.15) is 0 Å². The molecule has 0 radical (unpaired) electrons. The van der Waals surface area contributed by atoms with E-state index in [1.54, 1.807) is 0 Å². The van der Waals surface area contributed by atoms with Crippen molar-refractivity contribution in [2.75, 3.05) is 0 Å². The summed E-state index contributed by atoms with van der Waals surface area (Å²) in [5, 5.41) is 15.5. The molecule has 0 amide bonds. The predicted octanol–water partition coefficient (Wildman–Crippen LogP) is 15.8. The van der Waals surface area contributed by atoms with Crippen LogP contribution in [0.4, 0.5) is 0 Å². The van der Waals surface area contributed by atoms with Crippen LogP contribution in [0.25, 0.3) is 123 Å². The molecule has 0 fully saturated rings. The standard InChI is InChI=1S/C58H35NSe/c1-2-17-36(18-3-1)54-40-21-4-6-23-42(40)55(43-24-7-5-22-41(43)54)37-33-34-48-53(35-37)60-52-32-16-29-49(57(48)52)56-44-25-8-10-27-46(44)58(47-28-11-9-26-45(47)56)59-50-30-14-12-19-38(50)39-20-13-15-31-51(39)59/h1-35H. The van der Waals surface area contributed by atoms with Crippen molar-refractivity contribution >= 4 is 98.7 Å². The molecule has 0 spiro atoms. The molecule has 0 saturated heterocycles. The van der Waals surface area contributed by atoms with E-state index in [0.29, 0.717) is 0 Å². The number of para-hydroxylation sites is 2. The van der Waals surface area contributed by atoms with Gasteiger partial charge in [0.1, 0.15) is 0 Å². The molecule has 0 aliphatic rings. The SMILES string of the molecule is c1ccc(-c2c3ccccc3c(-c3ccc4c(c3)[se]c3cccc(-c5c6ccccc6c(-n6c7ccccc7c7ccccc76)c6ccccc56)c34)c3ccccc23)cc1. The zero-order valence-electron chi connectivity index (χ0n) is 32.6. The Balaban J connectivity index is 1.08. The number of aromatic nitrogens is 1. The first-order valence-electron chi connectivity index (χ1n) is 20.7. The second-order valence-corrected chi connectivity index (χ2v) is 18.2. The van der Waals surface area contributed by atoms with E-state index in [2.05, 4.69) is 217 Å². The molecule has 13 aromatic rings. The molecular formula is C58H35NSe. The number of rotatable bonds is 4. The average molecular weight is 825 g/mol. The molecular weight excluding hydrogens is 790 g/mol. The summed E-state index contributed by atoms with van der Waals surface area (Å²) in [4.78, 5) is 0. The molecule has 278 valence electrons. The van der Waals surface area contributed by atoms with Crippen LogP contribution in [0, 0.1) is 0 Å². The molecule has 1 nitrogen and oxygen atoms in total. The number of nitrogens with zero attached hydrogens (tertiary/aromatic N) is 1. The molecule has 0 saturated carbocycles. The van der Waals surface area contributed by atoms with Crippen LogP contribution in [0.15, 0.2) is 212 Å². The average Bonchev–Trinajstić information content (AvgIpc) is 3.86. The third-order valence-corrected chi connectivity index (χ3v) is 15.1. The van der Waals surface area contributed by atoms with Gasteiger partial charge >= 0.3 is 355 Å². The van der Waals surface area contributed by atoms with Gasteiger partial charge in [0.05, 0.1) is 0 Å². The Hall–Kier alpha value is -7.22. The van der Waals surface area contributed by atoms with E-state index in [1.165, 1.54) is 123 Å². The summed E-state index contributed by atoms with van der Waals surface area (Å²) in [7, 11) is 0. The minimum atomic E-state index is 0.154. The predicted molar refractivity (Wildman–Crippen MR) is 259 cm³/mol. The molecule has 13 rings (SSSR count). The van der Waals surface area contributed by atoms with Gasteiger partial charge in [-0.3, -0.25) is 0 Å². The van der Waals surface area contributed by atoms with Gasteiger partial charge in [0.2, 0.25) is 0 Å². The molecule has 0 unspecified atom stereocenters. The Labute approximate surface area is 352 Å². The molecule has 2 heteroatoms. The van der Waals surface area contributed by atoms with Crippen molar-refractivity contribution in [1.82, 2.24) is 4.57 Å². The minimum absolute atomic E-state index is 0.154. The summed E-state index contributed by atoms with van der Waals surface area (Å²) in [6.45, 7) is 0. The fourth-order valence-corrected chi connectivity index (χ4v) is 12.8. The summed E-state index contributed by atoms with van der Waals surface area (Å²) in [5.41, 5.74) is 11.5. The second-order valence-electron chi connectivity index (χ2n) is 15.9. The van der Waals surface area contributed by atoms with Gasteiger partial charge in [0, 0.05) is 0 Å². The summed E-state index contributed by atoms with van der Waals surface area (Å²) < 4.78 is 5.40. The molecule has 0 N–H and O–H groups in total. The molecule has 0 aliphatic carbocycles. The molecule has 0 aliphatic heterocycles. The quantitative estimate of drug-likeness (QED) is 0.123. The van der Waals surface area contributed by atoms with Crippen LogP contribution in [-0.2, 0) is 0 Å². The first kappa shape index (κ1) is 33.7. The Morgan fingerprint density at radius 3 is 1.28 bits per heavy atom. The van der Waals surface area contributed by atoms with Crippen LogP contribution in [0.5, 0.6) is 0 Å². The van der Waals surface area contributed by atoms with Crippen molar-refractivity contribution in [2.45, 2.75) is 0 Å². The van der Waals surface area contributed by atoms with E-state index in [0.717, 1.165) is 0 Å².